The van der Waals surface area contributed by atoms with Gasteiger partial charge in [0.05, 0.1) is 13.2 Å². The lowest BCUT2D eigenvalue weighted by atomic mass is 10.2. The van der Waals surface area contributed by atoms with E-state index in [-0.39, 0.29) is 6.61 Å². The number of aromatic nitrogens is 3. The third-order valence-corrected chi connectivity index (χ3v) is 3.56. The van der Waals surface area contributed by atoms with Crippen molar-refractivity contribution in [3.63, 3.8) is 0 Å². The van der Waals surface area contributed by atoms with Crippen molar-refractivity contribution in [2.75, 3.05) is 19.0 Å². The van der Waals surface area contributed by atoms with Gasteiger partial charge in [0.1, 0.15) is 12.1 Å². The largest absolute Gasteiger partial charge is 0.493 e. The molecule has 21 heavy (non-hydrogen) atoms. The first kappa shape index (κ1) is 15.4. The second-order valence-corrected chi connectivity index (χ2v) is 5.29. The summed E-state index contributed by atoms with van der Waals surface area (Å²) in [5.74, 6) is 7.48. The Labute approximate surface area is 128 Å². The quantitative estimate of drug-likeness (QED) is 0.500. The van der Waals surface area contributed by atoms with Crippen molar-refractivity contribution in [3.05, 3.63) is 36.2 Å². The monoisotopic (exact) mass is 303 g/mol. The average molecular weight is 303 g/mol. The summed E-state index contributed by atoms with van der Waals surface area (Å²) < 4.78 is 7.57. The third-order valence-electron chi connectivity index (χ3n) is 2.56. The Bertz CT molecular complexity index is 631. The van der Waals surface area contributed by atoms with E-state index >= 15 is 0 Å². The first-order valence-electron chi connectivity index (χ1n) is 6.59. The molecule has 0 atom stereocenters. The van der Waals surface area contributed by atoms with Gasteiger partial charge in [-0.15, -0.1) is 10.2 Å². The maximum absolute atomic E-state index is 8.70. The molecule has 1 N–H and O–H groups in total. The van der Waals surface area contributed by atoms with E-state index in [1.807, 2.05) is 35.9 Å². The Morgan fingerprint density at radius 3 is 3.10 bits per heavy atom. The summed E-state index contributed by atoms with van der Waals surface area (Å²) in [6.45, 7) is 0.674. The van der Waals surface area contributed by atoms with Crippen LogP contribution in [0.15, 0.2) is 35.7 Å². The maximum atomic E-state index is 8.70. The molecule has 5 nitrogen and oxygen atoms in total. The Morgan fingerprint density at radius 2 is 2.33 bits per heavy atom. The molecule has 2 aromatic rings. The number of ether oxygens (including phenoxy) is 1. The second kappa shape index (κ2) is 8.35. The van der Waals surface area contributed by atoms with Crippen LogP contribution in [-0.4, -0.2) is 38.8 Å². The number of aliphatic hydroxyl groups is 1. The van der Waals surface area contributed by atoms with Crippen LogP contribution >= 0.6 is 11.8 Å². The van der Waals surface area contributed by atoms with Crippen LogP contribution in [0.3, 0.4) is 0 Å². The van der Waals surface area contributed by atoms with Crippen molar-refractivity contribution in [1.29, 1.82) is 0 Å². The van der Waals surface area contributed by atoms with Crippen molar-refractivity contribution in [1.82, 2.24) is 14.8 Å². The van der Waals surface area contributed by atoms with Crippen LogP contribution in [0.5, 0.6) is 5.75 Å². The molecule has 0 aliphatic carbocycles. The standard InChI is InChI=1S/C15H17N3O2S/c1-18-12-16-17-15(18)21-10-9-20-14-7-4-6-13(11-14)5-2-3-8-19/h4,6-7,11-12,19H,3,8-10H2,1H3. The molecule has 0 fully saturated rings. The number of nitrogens with zero attached hydrogens (tertiary/aromatic N) is 3. The van der Waals surface area contributed by atoms with Gasteiger partial charge in [-0.2, -0.15) is 0 Å². The van der Waals surface area contributed by atoms with Crippen molar-refractivity contribution >= 4 is 11.8 Å². The summed E-state index contributed by atoms with van der Waals surface area (Å²) in [7, 11) is 1.91. The molecule has 2 rings (SSSR count). The van der Waals surface area contributed by atoms with Gasteiger partial charge in [0.2, 0.25) is 0 Å². The predicted octanol–water partition coefficient (Wildman–Crippen LogP) is 1.72. The van der Waals surface area contributed by atoms with Crippen molar-refractivity contribution < 1.29 is 9.84 Å². The molecule has 110 valence electrons. The van der Waals surface area contributed by atoms with E-state index in [2.05, 4.69) is 22.0 Å². The van der Waals surface area contributed by atoms with Crippen molar-refractivity contribution in [2.45, 2.75) is 11.6 Å². The Kier molecular flexibility index (Phi) is 6.13. The maximum Gasteiger partial charge on any atom is 0.190 e. The lowest BCUT2D eigenvalue weighted by molar-refractivity contribution is 0.305. The number of hydrogen-bond acceptors (Lipinski definition) is 5. The smallest absolute Gasteiger partial charge is 0.190 e. The summed E-state index contributed by atoms with van der Waals surface area (Å²) in [4.78, 5) is 0. The number of aliphatic hydroxyl groups excluding tert-OH is 1. The van der Waals surface area contributed by atoms with Crippen LogP contribution in [0, 0.1) is 11.8 Å². The van der Waals surface area contributed by atoms with Gasteiger partial charge in [-0.3, -0.25) is 0 Å². The van der Waals surface area contributed by atoms with E-state index in [1.54, 1.807) is 18.1 Å². The van der Waals surface area contributed by atoms with Gasteiger partial charge in [-0.05, 0) is 18.2 Å². The van der Waals surface area contributed by atoms with Crippen molar-refractivity contribution in [2.24, 2.45) is 7.05 Å². The van der Waals surface area contributed by atoms with Gasteiger partial charge in [-0.25, -0.2) is 0 Å². The highest BCUT2D eigenvalue weighted by Gasteiger charge is 2.01. The van der Waals surface area contributed by atoms with Crippen LogP contribution < -0.4 is 4.74 Å². The van der Waals surface area contributed by atoms with Crippen LogP contribution in [0.2, 0.25) is 0 Å². The number of rotatable bonds is 6. The first-order chi connectivity index (χ1) is 10.3. The molecule has 1 aromatic carbocycles. The van der Waals surface area contributed by atoms with Crippen LogP contribution in [0.25, 0.3) is 0 Å². The Balaban J connectivity index is 1.79. The molecule has 0 unspecified atom stereocenters. The van der Waals surface area contributed by atoms with Crippen LogP contribution in [0.4, 0.5) is 0 Å². The SMILES string of the molecule is Cn1cnnc1SCCOc1cccc(C#CCCO)c1. The minimum Gasteiger partial charge on any atom is -0.493 e. The Hall–Kier alpha value is -1.97. The lowest BCUT2D eigenvalue weighted by Gasteiger charge is -2.06. The molecule has 0 bridgehead atoms. The van der Waals surface area contributed by atoms with Crippen LogP contribution in [-0.2, 0) is 7.05 Å². The normalized spacial score (nSPS) is 10.0. The summed E-state index contributed by atoms with van der Waals surface area (Å²) >= 11 is 1.60. The Morgan fingerprint density at radius 1 is 1.43 bits per heavy atom. The zero-order valence-electron chi connectivity index (χ0n) is 11.8. The van der Waals surface area contributed by atoms with Gasteiger partial charge >= 0.3 is 0 Å². The number of aryl methyl sites for hydroxylation is 1. The molecular weight excluding hydrogens is 286 g/mol. The van der Waals surface area contributed by atoms with Crippen molar-refractivity contribution in [3.8, 4) is 17.6 Å². The molecule has 0 saturated heterocycles. The van der Waals surface area contributed by atoms with E-state index in [4.69, 9.17) is 9.84 Å². The number of hydrogen-bond donors (Lipinski definition) is 1. The topological polar surface area (TPSA) is 60.2 Å². The van der Waals surface area contributed by atoms with Gasteiger partial charge in [-0.1, -0.05) is 29.7 Å². The van der Waals surface area contributed by atoms with Crippen LogP contribution in [0.1, 0.15) is 12.0 Å². The molecule has 6 heteroatoms. The zero-order chi connectivity index (χ0) is 14.9. The highest BCUT2D eigenvalue weighted by Crippen LogP contribution is 2.16. The minimum atomic E-state index is 0.0858. The molecule has 1 aromatic heterocycles. The van der Waals surface area contributed by atoms with Gasteiger partial charge in [0.15, 0.2) is 5.16 Å². The van der Waals surface area contributed by atoms with E-state index in [0.717, 1.165) is 22.2 Å². The van der Waals surface area contributed by atoms with E-state index < -0.39 is 0 Å². The van der Waals surface area contributed by atoms with E-state index in [1.165, 1.54) is 0 Å². The fourth-order valence-corrected chi connectivity index (χ4v) is 2.28. The fourth-order valence-electron chi connectivity index (χ4n) is 1.58. The molecule has 0 radical (unpaired) electrons. The molecule has 0 saturated carbocycles. The molecule has 0 aliphatic heterocycles. The molecular formula is C15H17N3O2S. The first-order valence-corrected chi connectivity index (χ1v) is 7.57. The minimum absolute atomic E-state index is 0.0858. The average Bonchev–Trinajstić information content (AvgIpc) is 2.90. The summed E-state index contributed by atoms with van der Waals surface area (Å²) in [5, 5.41) is 17.4. The summed E-state index contributed by atoms with van der Waals surface area (Å²) in [6, 6.07) is 7.64. The number of thioether (sulfide) groups is 1. The predicted molar refractivity (Wildman–Crippen MR) is 82.2 cm³/mol. The molecule has 0 aliphatic rings. The van der Waals surface area contributed by atoms with Gasteiger partial charge in [0, 0.05) is 24.8 Å². The summed E-state index contributed by atoms with van der Waals surface area (Å²) in [5.41, 5.74) is 0.891. The third kappa shape index (κ3) is 5.14. The highest BCUT2D eigenvalue weighted by molar-refractivity contribution is 7.99. The van der Waals surface area contributed by atoms with Gasteiger partial charge in [0.25, 0.3) is 0 Å². The van der Waals surface area contributed by atoms with Gasteiger partial charge < -0.3 is 14.4 Å². The number of benzene rings is 1. The fraction of sp³-hybridized carbons (Fsp3) is 0.333. The molecule has 0 spiro atoms. The lowest BCUT2D eigenvalue weighted by Crippen LogP contribution is -2.01. The molecule has 1 heterocycles. The second-order valence-electron chi connectivity index (χ2n) is 4.22. The van der Waals surface area contributed by atoms with E-state index in [0.29, 0.717) is 13.0 Å². The highest BCUT2D eigenvalue weighted by atomic mass is 32.2. The zero-order valence-corrected chi connectivity index (χ0v) is 12.6. The molecule has 0 amide bonds. The summed E-state index contributed by atoms with van der Waals surface area (Å²) in [6.07, 6.45) is 2.16. The van der Waals surface area contributed by atoms with E-state index in [9.17, 15) is 0 Å².